The molecule has 1 aliphatic carbocycles. The van der Waals surface area contributed by atoms with Gasteiger partial charge in [0.1, 0.15) is 12.9 Å². The summed E-state index contributed by atoms with van der Waals surface area (Å²) in [6.07, 6.45) is 5.23. The van der Waals surface area contributed by atoms with Gasteiger partial charge in [0.2, 0.25) is 0 Å². The maximum absolute atomic E-state index is 10.4. The lowest BCUT2D eigenvalue weighted by atomic mass is 10.2. The molecular weight excluding hydrogens is 156 g/mol. The van der Waals surface area contributed by atoms with E-state index < -0.39 is 0 Å². The molecule has 0 amide bonds. The minimum atomic E-state index is -0.326. The molecule has 0 aromatic heterocycles. The van der Waals surface area contributed by atoms with Crippen molar-refractivity contribution < 1.29 is 14.3 Å². The summed E-state index contributed by atoms with van der Waals surface area (Å²) in [5.74, 6) is -0.326. The molecule has 0 saturated carbocycles. The third-order valence-electron chi connectivity index (χ3n) is 1.63. The standard InChI is InChI=1S/C9H10O3/c1-7(11)12-6-9-4-2-3-8(9)5-10/h3-5H,2,6H2,1H3. The molecule has 0 unspecified atom stereocenters. The van der Waals surface area contributed by atoms with Crippen LogP contribution < -0.4 is 0 Å². The Bertz CT molecular complexity index is 261. The second-order valence-electron chi connectivity index (χ2n) is 2.52. The van der Waals surface area contributed by atoms with E-state index in [1.165, 1.54) is 6.92 Å². The van der Waals surface area contributed by atoms with Crippen LogP contribution in [0.4, 0.5) is 0 Å². The minimum Gasteiger partial charge on any atom is -0.461 e. The summed E-state index contributed by atoms with van der Waals surface area (Å²) in [6, 6.07) is 0. The van der Waals surface area contributed by atoms with Crippen molar-refractivity contribution in [3.8, 4) is 0 Å². The van der Waals surface area contributed by atoms with Crippen LogP contribution in [-0.4, -0.2) is 18.9 Å². The second kappa shape index (κ2) is 3.85. The molecule has 1 aliphatic rings. The Morgan fingerprint density at radius 2 is 2.42 bits per heavy atom. The Labute approximate surface area is 70.7 Å². The van der Waals surface area contributed by atoms with Crippen molar-refractivity contribution >= 4 is 12.3 Å². The van der Waals surface area contributed by atoms with Crippen LogP contribution in [0, 0.1) is 0 Å². The van der Waals surface area contributed by atoms with Gasteiger partial charge in [-0.1, -0.05) is 12.2 Å². The molecule has 0 saturated heterocycles. The number of aldehydes is 1. The van der Waals surface area contributed by atoms with Crippen LogP contribution >= 0.6 is 0 Å². The summed E-state index contributed by atoms with van der Waals surface area (Å²) in [6.45, 7) is 1.56. The van der Waals surface area contributed by atoms with Crippen molar-refractivity contribution in [3.05, 3.63) is 23.3 Å². The zero-order valence-corrected chi connectivity index (χ0v) is 6.87. The topological polar surface area (TPSA) is 43.4 Å². The summed E-state index contributed by atoms with van der Waals surface area (Å²) >= 11 is 0. The first-order valence-electron chi connectivity index (χ1n) is 3.72. The van der Waals surface area contributed by atoms with Crippen molar-refractivity contribution in [3.63, 3.8) is 0 Å². The summed E-state index contributed by atoms with van der Waals surface area (Å²) in [7, 11) is 0. The first-order chi connectivity index (χ1) is 5.74. The van der Waals surface area contributed by atoms with Gasteiger partial charge in [-0.05, 0) is 12.0 Å². The molecule has 0 aromatic rings. The van der Waals surface area contributed by atoms with E-state index in [1.54, 1.807) is 0 Å². The predicted molar refractivity (Wildman–Crippen MR) is 43.5 cm³/mol. The number of hydrogen-bond donors (Lipinski definition) is 0. The molecule has 3 nitrogen and oxygen atoms in total. The molecule has 0 aromatic carbocycles. The fourth-order valence-corrected chi connectivity index (χ4v) is 1.02. The van der Waals surface area contributed by atoms with Gasteiger partial charge in [-0.15, -0.1) is 0 Å². The smallest absolute Gasteiger partial charge is 0.302 e. The van der Waals surface area contributed by atoms with Gasteiger partial charge in [0.05, 0.1) is 0 Å². The average molecular weight is 166 g/mol. The molecule has 0 N–H and O–H groups in total. The highest BCUT2D eigenvalue weighted by Crippen LogP contribution is 2.17. The fraction of sp³-hybridized carbons (Fsp3) is 0.333. The average Bonchev–Trinajstić information content (AvgIpc) is 2.47. The van der Waals surface area contributed by atoms with Crippen LogP contribution in [0.5, 0.6) is 0 Å². The highest BCUT2D eigenvalue weighted by Gasteiger charge is 2.09. The molecule has 0 aliphatic heterocycles. The van der Waals surface area contributed by atoms with Gasteiger partial charge in [0, 0.05) is 12.5 Å². The van der Waals surface area contributed by atoms with Crippen molar-refractivity contribution in [2.75, 3.05) is 6.61 Å². The van der Waals surface area contributed by atoms with E-state index in [9.17, 15) is 9.59 Å². The first kappa shape index (κ1) is 8.71. The van der Waals surface area contributed by atoms with Crippen LogP contribution in [0.3, 0.4) is 0 Å². The maximum atomic E-state index is 10.4. The Balaban J connectivity index is 2.48. The normalized spacial score (nSPS) is 15.1. The van der Waals surface area contributed by atoms with E-state index in [0.29, 0.717) is 5.57 Å². The molecule has 0 radical (unpaired) electrons. The number of allylic oxidation sites excluding steroid dienone is 2. The highest BCUT2D eigenvalue weighted by atomic mass is 16.5. The summed E-state index contributed by atoms with van der Waals surface area (Å²) in [5, 5.41) is 0. The molecule has 64 valence electrons. The largest absolute Gasteiger partial charge is 0.461 e. The highest BCUT2D eigenvalue weighted by molar-refractivity contribution is 5.81. The van der Waals surface area contributed by atoms with Gasteiger partial charge in [0.25, 0.3) is 0 Å². The zero-order valence-electron chi connectivity index (χ0n) is 6.87. The first-order valence-corrected chi connectivity index (χ1v) is 3.72. The Hall–Kier alpha value is -1.38. The van der Waals surface area contributed by atoms with Gasteiger partial charge in [-0.25, -0.2) is 0 Å². The Kier molecular flexibility index (Phi) is 2.80. The molecule has 1 rings (SSSR count). The van der Waals surface area contributed by atoms with Gasteiger partial charge in [-0.3, -0.25) is 9.59 Å². The Morgan fingerprint density at radius 3 is 3.00 bits per heavy atom. The predicted octanol–water partition coefficient (Wildman–Crippen LogP) is 1.00. The molecule has 0 spiro atoms. The lowest BCUT2D eigenvalue weighted by molar-refractivity contribution is -0.140. The molecule has 12 heavy (non-hydrogen) atoms. The third-order valence-corrected chi connectivity index (χ3v) is 1.63. The van der Waals surface area contributed by atoms with Crippen molar-refractivity contribution in [1.82, 2.24) is 0 Å². The number of ether oxygens (including phenoxy) is 1. The monoisotopic (exact) mass is 166 g/mol. The van der Waals surface area contributed by atoms with Crippen LogP contribution in [0.15, 0.2) is 23.3 Å². The fourth-order valence-electron chi connectivity index (χ4n) is 1.02. The molecule has 0 atom stereocenters. The number of carbonyl (C=O) groups is 2. The molecule has 3 heteroatoms. The van der Waals surface area contributed by atoms with Gasteiger partial charge < -0.3 is 4.74 Å². The summed E-state index contributed by atoms with van der Waals surface area (Å²) in [5.41, 5.74) is 1.44. The van der Waals surface area contributed by atoms with Crippen molar-refractivity contribution in [2.45, 2.75) is 13.3 Å². The van der Waals surface area contributed by atoms with Crippen molar-refractivity contribution in [1.29, 1.82) is 0 Å². The molecule has 0 fully saturated rings. The molecule has 0 heterocycles. The summed E-state index contributed by atoms with van der Waals surface area (Å²) < 4.78 is 4.75. The van der Waals surface area contributed by atoms with Crippen LogP contribution in [0.1, 0.15) is 13.3 Å². The minimum absolute atomic E-state index is 0.208. The van der Waals surface area contributed by atoms with E-state index in [2.05, 4.69) is 0 Å². The van der Waals surface area contributed by atoms with E-state index in [-0.39, 0.29) is 12.6 Å². The van der Waals surface area contributed by atoms with Crippen LogP contribution in [0.25, 0.3) is 0 Å². The van der Waals surface area contributed by atoms with E-state index in [0.717, 1.165) is 18.3 Å². The SMILES string of the molecule is CC(=O)OCC1=CCC=C1C=O. The number of hydrogen-bond acceptors (Lipinski definition) is 3. The second-order valence-corrected chi connectivity index (χ2v) is 2.52. The molecular formula is C9H10O3. The summed E-state index contributed by atoms with van der Waals surface area (Å²) in [4.78, 5) is 20.9. The Morgan fingerprint density at radius 1 is 1.67 bits per heavy atom. The lowest BCUT2D eigenvalue weighted by Gasteiger charge is -2.02. The van der Waals surface area contributed by atoms with E-state index in [4.69, 9.17) is 4.74 Å². The van der Waals surface area contributed by atoms with Crippen molar-refractivity contribution in [2.24, 2.45) is 0 Å². The lowest BCUT2D eigenvalue weighted by Crippen LogP contribution is -2.04. The number of carbonyl (C=O) groups excluding carboxylic acids is 2. The van der Waals surface area contributed by atoms with Gasteiger partial charge >= 0.3 is 5.97 Å². The van der Waals surface area contributed by atoms with Crippen LogP contribution in [0.2, 0.25) is 0 Å². The zero-order chi connectivity index (χ0) is 8.97. The van der Waals surface area contributed by atoms with Gasteiger partial charge in [-0.2, -0.15) is 0 Å². The number of esters is 1. The van der Waals surface area contributed by atoms with Gasteiger partial charge in [0.15, 0.2) is 0 Å². The maximum Gasteiger partial charge on any atom is 0.302 e. The van der Waals surface area contributed by atoms with E-state index >= 15 is 0 Å². The van der Waals surface area contributed by atoms with Crippen LogP contribution in [-0.2, 0) is 14.3 Å². The van der Waals surface area contributed by atoms with E-state index in [1.807, 2.05) is 12.2 Å². The molecule has 0 bridgehead atoms. The quantitative estimate of drug-likeness (QED) is 0.464. The third kappa shape index (κ3) is 2.05. The number of rotatable bonds is 3.